The number of hydrogen-bond acceptors (Lipinski definition) is 2. The number of fused-ring (bicyclic) bond motifs is 1. The van der Waals surface area contributed by atoms with Gasteiger partial charge in [-0.25, -0.2) is 4.98 Å². The normalized spacial score (nSPS) is 10.6. The number of benzene rings is 1. The molecule has 0 saturated carbocycles. The van der Waals surface area contributed by atoms with Gasteiger partial charge in [-0.3, -0.25) is 9.18 Å². The average molecular weight is 192 g/mol. The first-order valence-electron chi connectivity index (χ1n) is 4.35. The molecule has 0 atom stereocenters. The molecule has 2 rings (SSSR count). The lowest BCUT2D eigenvalue weighted by atomic mass is 10.2. The number of aromatic amines is 1. The highest BCUT2D eigenvalue weighted by Crippen LogP contribution is 2.05. The van der Waals surface area contributed by atoms with Crippen molar-refractivity contribution < 1.29 is 4.39 Å². The van der Waals surface area contributed by atoms with Crippen LogP contribution in [-0.2, 0) is 6.42 Å². The van der Waals surface area contributed by atoms with Crippen LogP contribution < -0.4 is 5.56 Å². The number of aryl methyl sites for hydroxylation is 1. The maximum atomic E-state index is 12.1. The molecule has 1 aromatic heterocycles. The van der Waals surface area contributed by atoms with Crippen LogP contribution >= 0.6 is 0 Å². The van der Waals surface area contributed by atoms with Crippen molar-refractivity contribution in [3.8, 4) is 0 Å². The Morgan fingerprint density at radius 2 is 2.14 bits per heavy atom. The molecule has 0 fully saturated rings. The summed E-state index contributed by atoms with van der Waals surface area (Å²) in [6.07, 6.45) is 0.0696. The fourth-order valence-electron chi connectivity index (χ4n) is 1.33. The van der Waals surface area contributed by atoms with Gasteiger partial charge in [0.25, 0.3) is 5.56 Å². The Morgan fingerprint density at radius 3 is 2.93 bits per heavy atom. The molecule has 0 aliphatic heterocycles. The first-order chi connectivity index (χ1) is 6.81. The van der Waals surface area contributed by atoms with Gasteiger partial charge in [0, 0.05) is 6.42 Å². The molecule has 4 heteroatoms. The Morgan fingerprint density at radius 1 is 1.36 bits per heavy atom. The van der Waals surface area contributed by atoms with E-state index >= 15 is 0 Å². The fourth-order valence-corrected chi connectivity index (χ4v) is 1.33. The maximum absolute atomic E-state index is 12.1. The standard InChI is InChI=1S/C10H9FN2O/c11-6-5-9-10(14)13-8-4-2-1-3-7(8)12-9/h1-4H,5-6H2,(H,13,14). The van der Waals surface area contributed by atoms with E-state index in [9.17, 15) is 9.18 Å². The van der Waals surface area contributed by atoms with Gasteiger partial charge >= 0.3 is 0 Å². The molecule has 0 unspecified atom stereocenters. The summed E-state index contributed by atoms with van der Waals surface area (Å²) in [6, 6.07) is 7.19. The molecular formula is C10H9FN2O. The van der Waals surface area contributed by atoms with Gasteiger partial charge in [0.15, 0.2) is 0 Å². The lowest BCUT2D eigenvalue weighted by Gasteiger charge is -1.99. The first-order valence-corrected chi connectivity index (χ1v) is 4.35. The number of alkyl halides is 1. The van der Waals surface area contributed by atoms with Gasteiger partial charge in [-0.05, 0) is 12.1 Å². The Labute approximate surface area is 79.6 Å². The summed E-state index contributed by atoms with van der Waals surface area (Å²) in [5.74, 6) is 0. The second kappa shape index (κ2) is 3.57. The van der Waals surface area contributed by atoms with Crippen LogP contribution in [0.3, 0.4) is 0 Å². The zero-order valence-electron chi connectivity index (χ0n) is 7.46. The highest BCUT2D eigenvalue weighted by molar-refractivity contribution is 5.73. The van der Waals surface area contributed by atoms with Gasteiger partial charge in [0.1, 0.15) is 5.69 Å². The van der Waals surface area contributed by atoms with Crippen LogP contribution in [0, 0.1) is 0 Å². The van der Waals surface area contributed by atoms with Crippen LogP contribution in [0.5, 0.6) is 0 Å². The molecule has 1 heterocycles. The first kappa shape index (κ1) is 8.87. The minimum absolute atomic E-state index is 0.0696. The van der Waals surface area contributed by atoms with Gasteiger partial charge in [-0.2, -0.15) is 0 Å². The van der Waals surface area contributed by atoms with Crippen LogP contribution in [-0.4, -0.2) is 16.6 Å². The predicted molar refractivity (Wildman–Crippen MR) is 52.0 cm³/mol. The zero-order chi connectivity index (χ0) is 9.97. The molecule has 0 spiro atoms. The molecule has 0 aliphatic rings. The van der Waals surface area contributed by atoms with Crippen molar-refractivity contribution in [3.05, 3.63) is 40.3 Å². The Balaban J connectivity index is 2.65. The van der Waals surface area contributed by atoms with Gasteiger partial charge in [-0.15, -0.1) is 0 Å². The van der Waals surface area contributed by atoms with Crippen LogP contribution in [0.25, 0.3) is 11.0 Å². The van der Waals surface area contributed by atoms with E-state index in [2.05, 4.69) is 9.97 Å². The highest BCUT2D eigenvalue weighted by atomic mass is 19.1. The third-order valence-corrected chi connectivity index (χ3v) is 2.00. The number of aromatic nitrogens is 2. The number of rotatable bonds is 2. The summed E-state index contributed by atoms with van der Waals surface area (Å²) >= 11 is 0. The SMILES string of the molecule is O=c1[nH]c2ccccc2nc1CCF. The van der Waals surface area contributed by atoms with Crippen molar-refractivity contribution in [1.29, 1.82) is 0 Å². The van der Waals surface area contributed by atoms with Crippen molar-refractivity contribution in [2.24, 2.45) is 0 Å². The average Bonchev–Trinajstić information content (AvgIpc) is 2.19. The van der Waals surface area contributed by atoms with E-state index in [4.69, 9.17) is 0 Å². The molecule has 0 saturated heterocycles. The summed E-state index contributed by atoms with van der Waals surface area (Å²) in [4.78, 5) is 18.1. The summed E-state index contributed by atoms with van der Waals surface area (Å²) in [5, 5.41) is 0. The second-order valence-corrected chi connectivity index (χ2v) is 2.97. The number of nitrogens with zero attached hydrogens (tertiary/aromatic N) is 1. The summed E-state index contributed by atoms with van der Waals surface area (Å²) < 4.78 is 12.1. The Bertz CT molecular complexity index is 507. The molecule has 72 valence electrons. The van der Waals surface area contributed by atoms with E-state index in [-0.39, 0.29) is 17.7 Å². The van der Waals surface area contributed by atoms with E-state index in [0.29, 0.717) is 11.0 Å². The topological polar surface area (TPSA) is 45.8 Å². The third kappa shape index (κ3) is 1.51. The Kier molecular flexibility index (Phi) is 2.26. The monoisotopic (exact) mass is 192 g/mol. The van der Waals surface area contributed by atoms with Gasteiger partial charge in [0.2, 0.25) is 0 Å². The van der Waals surface area contributed by atoms with E-state index in [1.54, 1.807) is 12.1 Å². The van der Waals surface area contributed by atoms with Crippen molar-refractivity contribution >= 4 is 11.0 Å². The van der Waals surface area contributed by atoms with Crippen molar-refractivity contribution in [3.63, 3.8) is 0 Å². The molecular weight excluding hydrogens is 183 g/mol. The highest BCUT2D eigenvalue weighted by Gasteiger charge is 2.03. The third-order valence-electron chi connectivity index (χ3n) is 2.00. The molecule has 1 aromatic carbocycles. The smallest absolute Gasteiger partial charge is 0.270 e. The molecule has 0 bridgehead atoms. The van der Waals surface area contributed by atoms with E-state index in [1.165, 1.54) is 0 Å². The number of hydrogen-bond donors (Lipinski definition) is 1. The molecule has 3 nitrogen and oxygen atoms in total. The fraction of sp³-hybridized carbons (Fsp3) is 0.200. The van der Waals surface area contributed by atoms with Crippen LogP contribution in [0.15, 0.2) is 29.1 Å². The van der Waals surface area contributed by atoms with Gasteiger partial charge in [-0.1, -0.05) is 12.1 Å². The van der Waals surface area contributed by atoms with Crippen molar-refractivity contribution in [2.75, 3.05) is 6.67 Å². The molecule has 14 heavy (non-hydrogen) atoms. The number of para-hydroxylation sites is 2. The molecule has 0 radical (unpaired) electrons. The molecule has 1 N–H and O–H groups in total. The largest absolute Gasteiger partial charge is 0.319 e. The summed E-state index contributed by atoms with van der Waals surface area (Å²) in [7, 11) is 0. The van der Waals surface area contributed by atoms with Crippen LogP contribution in [0.4, 0.5) is 4.39 Å². The van der Waals surface area contributed by atoms with E-state index in [0.717, 1.165) is 0 Å². The predicted octanol–water partition coefficient (Wildman–Crippen LogP) is 1.44. The number of H-pyrrole nitrogens is 1. The lowest BCUT2D eigenvalue weighted by Crippen LogP contribution is -2.15. The van der Waals surface area contributed by atoms with Gasteiger partial charge < -0.3 is 4.98 Å². The minimum Gasteiger partial charge on any atom is -0.319 e. The molecule has 0 aliphatic carbocycles. The maximum Gasteiger partial charge on any atom is 0.270 e. The lowest BCUT2D eigenvalue weighted by molar-refractivity contribution is 0.491. The van der Waals surface area contributed by atoms with Crippen molar-refractivity contribution in [2.45, 2.75) is 6.42 Å². The number of halogens is 1. The van der Waals surface area contributed by atoms with E-state index in [1.807, 2.05) is 12.1 Å². The quantitative estimate of drug-likeness (QED) is 0.782. The number of nitrogens with one attached hydrogen (secondary N) is 1. The van der Waals surface area contributed by atoms with E-state index < -0.39 is 6.67 Å². The Hall–Kier alpha value is -1.71. The summed E-state index contributed by atoms with van der Waals surface area (Å²) in [5.41, 5.74) is 1.32. The molecule has 2 aromatic rings. The molecule has 0 amide bonds. The second-order valence-electron chi connectivity index (χ2n) is 2.97. The van der Waals surface area contributed by atoms with Crippen molar-refractivity contribution in [1.82, 2.24) is 9.97 Å². The van der Waals surface area contributed by atoms with Crippen LogP contribution in [0.2, 0.25) is 0 Å². The van der Waals surface area contributed by atoms with Crippen LogP contribution in [0.1, 0.15) is 5.69 Å². The minimum atomic E-state index is -0.561. The zero-order valence-corrected chi connectivity index (χ0v) is 7.46. The van der Waals surface area contributed by atoms with Gasteiger partial charge in [0.05, 0.1) is 17.7 Å². The summed E-state index contributed by atoms with van der Waals surface area (Å²) in [6.45, 7) is -0.561.